The van der Waals surface area contributed by atoms with E-state index in [2.05, 4.69) is 21.5 Å². The Morgan fingerprint density at radius 2 is 1.97 bits per heavy atom. The van der Waals surface area contributed by atoms with Gasteiger partial charge in [-0.2, -0.15) is 0 Å². The summed E-state index contributed by atoms with van der Waals surface area (Å²) in [6.07, 6.45) is 1.97. The third-order valence-electron chi connectivity index (χ3n) is 5.12. The van der Waals surface area contributed by atoms with E-state index < -0.39 is 0 Å². The van der Waals surface area contributed by atoms with Gasteiger partial charge < -0.3 is 24.3 Å². The highest BCUT2D eigenvalue weighted by Crippen LogP contribution is 2.40. The number of nitrogens with one attached hydrogen (secondary N) is 2. The van der Waals surface area contributed by atoms with Crippen LogP contribution in [0.2, 0.25) is 0 Å². The standard InChI is InChI=1S/C23H23N3O4/c1-14-11-21(30-26-14)23(27)25-13-18(16-8-6-10-20(28-2)22(16)29-3)17-12-24-19-9-5-4-7-15(17)19/h4-12,18,24H,13H2,1-3H3,(H,25,27). The molecule has 0 saturated carbocycles. The lowest BCUT2D eigenvalue weighted by molar-refractivity contribution is 0.0915. The van der Waals surface area contributed by atoms with Gasteiger partial charge >= 0.3 is 0 Å². The van der Waals surface area contributed by atoms with Gasteiger partial charge in [0.05, 0.1) is 19.9 Å². The van der Waals surface area contributed by atoms with Gasteiger partial charge in [-0.15, -0.1) is 0 Å². The van der Waals surface area contributed by atoms with E-state index in [1.807, 2.05) is 42.6 Å². The van der Waals surface area contributed by atoms with Crippen molar-refractivity contribution in [3.8, 4) is 11.5 Å². The number of carbonyl (C=O) groups is 1. The third-order valence-corrected chi connectivity index (χ3v) is 5.12. The van der Waals surface area contributed by atoms with E-state index in [-0.39, 0.29) is 17.6 Å². The molecular formula is C23H23N3O4. The van der Waals surface area contributed by atoms with Crippen LogP contribution in [-0.2, 0) is 0 Å². The maximum absolute atomic E-state index is 12.6. The average molecular weight is 405 g/mol. The zero-order chi connectivity index (χ0) is 21.1. The summed E-state index contributed by atoms with van der Waals surface area (Å²) in [4.78, 5) is 15.9. The lowest BCUT2D eigenvalue weighted by atomic mass is 9.89. The Hall–Kier alpha value is -3.74. The Labute approximate surface area is 174 Å². The van der Waals surface area contributed by atoms with E-state index in [4.69, 9.17) is 14.0 Å². The van der Waals surface area contributed by atoms with Crippen molar-refractivity contribution in [2.45, 2.75) is 12.8 Å². The average Bonchev–Trinajstić information content (AvgIpc) is 3.40. The van der Waals surface area contributed by atoms with E-state index in [0.29, 0.717) is 23.7 Å². The Kier molecular flexibility index (Phi) is 5.43. The van der Waals surface area contributed by atoms with Crippen molar-refractivity contribution in [3.63, 3.8) is 0 Å². The number of aryl methyl sites for hydroxylation is 1. The van der Waals surface area contributed by atoms with Gasteiger partial charge in [0.15, 0.2) is 11.5 Å². The van der Waals surface area contributed by atoms with Crippen LogP contribution in [0.15, 0.2) is 59.3 Å². The molecule has 7 nitrogen and oxygen atoms in total. The molecule has 30 heavy (non-hydrogen) atoms. The van der Waals surface area contributed by atoms with Crippen molar-refractivity contribution < 1.29 is 18.8 Å². The van der Waals surface area contributed by atoms with Gasteiger partial charge in [-0.05, 0) is 24.6 Å². The smallest absolute Gasteiger partial charge is 0.289 e. The molecule has 2 heterocycles. The maximum Gasteiger partial charge on any atom is 0.289 e. The fraction of sp³-hybridized carbons (Fsp3) is 0.217. The summed E-state index contributed by atoms with van der Waals surface area (Å²) < 4.78 is 16.3. The largest absolute Gasteiger partial charge is 0.493 e. The van der Waals surface area contributed by atoms with E-state index in [1.54, 1.807) is 27.2 Å². The van der Waals surface area contributed by atoms with E-state index >= 15 is 0 Å². The van der Waals surface area contributed by atoms with Crippen LogP contribution in [0, 0.1) is 6.92 Å². The third kappa shape index (κ3) is 3.61. The second-order valence-corrected chi connectivity index (χ2v) is 6.97. The normalized spacial score (nSPS) is 12.0. The second-order valence-electron chi connectivity index (χ2n) is 6.97. The topological polar surface area (TPSA) is 89.4 Å². The maximum atomic E-state index is 12.6. The first-order chi connectivity index (χ1) is 14.6. The molecular weight excluding hydrogens is 382 g/mol. The monoisotopic (exact) mass is 405 g/mol. The van der Waals surface area contributed by atoms with Crippen LogP contribution in [0.3, 0.4) is 0 Å². The Balaban J connectivity index is 1.75. The number of carbonyl (C=O) groups excluding carboxylic acids is 1. The number of fused-ring (bicyclic) bond motifs is 1. The minimum Gasteiger partial charge on any atom is -0.493 e. The zero-order valence-electron chi connectivity index (χ0n) is 17.1. The van der Waals surface area contributed by atoms with E-state index in [0.717, 1.165) is 22.0 Å². The van der Waals surface area contributed by atoms with Crippen LogP contribution in [0.4, 0.5) is 0 Å². The van der Waals surface area contributed by atoms with Gasteiger partial charge in [0.2, 0.25) is 5.76 Å². The highest BCUT2D eigenvalue weighted by atomic mass is 16.5. The minimum absolute atomic E-state index is 0.181. The van der Waals surface area contributed by atoms with Crippen molar-refractivity contribution in [1.82, 2.24) is 15.5 Å². The summed E-state index contributed by atoms with van der Waals surface area (Å²) in [6, 6.07) is 15.4. The number of ether oxygens (including phenoxy) is 2. The number of hydrogen-bond acceptors (Lipinski definition) is 5. The number of hydrogen-bond donors (Lipinski definition) is 2. The molecule has 2 aromatic carbocycles. The highest BCUT2D eigenvalue weighted by Gasteiger charge is 2.25. The molecule has 0 radical (unpaired) electrons. The molecule has 2 aromatic heterocycles. The summed E-state index contributed by atoms with van der Waals surface area (Å²) in [6.45, 7) is 2.11. The van der Waals surface area contributed by atoms with Gasteiger partial charge in [0.25, 0.3) is 5.91 Å². The molecule has 0 bridgehead atoms. The van der Waals surface area contributed by atoms with Gasteiger partial charge in [0.1, 0.15) is 0 Å². The quantitative estimate of drug-likeness (QED) is 0.484. The predicted octanol–water partition coefficient (Wildman–Crippen LogP) is 4.04. The fourth-order valence-electron chi connectivity index (χ4n) is 3.71. The molecule has 0 aliphatic heterocycles. The number of amides is 1. The highest BCUT2D eigenvalue weighted by molar-refractivity contribution is 5.91. The SMILES string of the molecule is COc1cccc(C(CNC(=O)c2cc(C)no2)c2c[nH]c3ccccc23)c1OC. The molecule has 2 N–H and O–H groups in total. The van der Waals surface area contributed by atoms with Crippen LogP contribution in [0.1, 0.15) is 33.3 Å². The van der Waals surface area contributed by atoms with E-state index in [1.165, 1.54) is 0 Å². The number of methoxy groups -OCH3 is 2. The molecule has 4 rings (SSSR count). The second kappa shape index (κ2) is 8.32. The number of aromatic amines is 1. The lowest BCUT2D eigenvalue weighted by Crippen LogP contribution is -2.28. The molecule has 1 unspecified atom stereocenters. The van der Waals surface area contributed by atoms with Crippen molar-refractivity contribution >= 4 is 16.8 Å². The van der Waals surface area contributed by atoms with Gasteiger partial charge in [-0.3, -0.25) is 4.79 Å². The Morgan fingerprint density at radius 3 is 2.70 bits per heavy atom. The summed E-state index contributed by atoms with van der Waals surface area (Å²) in [5.74, 6) is 0.960. The molecule has 0 spiro atoms. The van der Waals surface area contributed by atoms with Crippen LogP contribution in [0.25, 0.3) is 10.9 Å². The van der Waals surface area contributed by atoms with Crippen LogP contribution in [-0.4, -0.2) is 36.8 Å². The molecule has 0 aliphatic carbocycles. The van der Waals surface area contributed by atoms with Gasteiger partial charge in [-0.25, -0.2) is 0 Å². The number of benzene rings is 2. The first-order valence-corrected chi connectivity index (χ1v) is 9.60. The zero-order valence-corrected chi connectivity index (χ0v) is 17.1. The fourth-order valence-corrected chi connectivity index (χ4v) is 3.71. The Morgan fingerprint density at radius 1 is 1.13 bits per heavy atom. The van der Waals surface area contributed by atoms with Crippen molar-refractivity contribution in [2.75, 3.05) is 20.8 Å². The molecule has 4 aromatic rings. The van der Waals surface area contributed by atoms with Gasteiger partial charge in [0, 0.05) is 41.2 Å². The summed E-state index contributed by atoms with van der Waals surface area (Å²) in [5.41, 5.74) is 3.64. The van der Waals surface area contributed by atoms with Crippen molar-refractivity contribution in [3.05, 3.63) is 77.3 Å². The molecule has 0 fully saturated rings. The summed E-state index contributed by atoms with van der Waals surface area (Å²) >= 11 is 0. The van der Waals surface area contributed by atoms with Crippen LogP contribution < -0.4 is 14.8 Å². The predicted molar refractivity (Wildman–Crippen MR) is 113 cm³/mol. The van der Waals surface area contributed by atoms with Crippen molar-refractivity contribution in [2.24, 2.45) is 0 Å². The molecule has 7 heteroatoms. The van der Waals surface area contributed by atoms with Crippen LogP contribution >= 0.6 is 0 Å². The molecule has 0 saturated heterocycles. The van der Waals surface area contributed by atoms with Crippen LogP contribution in [0.5, 0.6) is 11.5 Å². The van der Waals surface area contributed by atoms with E-state index in [9.17, 15) is 4.79 Å². The number of aromatic nitrogens is 2. The molecule has 154 valence electrons. The molecule has 1 amide bonds. The summed E-state index contributed by atoms with van der Waals surface area (Å²) in [7, 11) is 3.22. The van der Waals surface area contributed by atoms with Crippen molar-refractivity contribution in [1.29, 1.82) is 0 Å². The number of H-pyrrole nitrogens is 1. The first kappa shape index (κ1) is 19.6. The molecule has 0 aliphatic rings. The number of nitrogens with zero attached hydrogens (tertiary/aromatic N) is 1. The number of rotatable bonds is 7. The minimum atomic E-state index is -0.317. The lowest BCUT2D eigenvalue weighted by Gasteiger charge is -2.21. The summed E-state index contributed by atoms with van der Waals surface area (Å²) in [5, 5.41) is 7.84. The first-order valence-electron chi connectivity index (χ1n) is 9.60. The number of para-hydroxylation sites is 2. The van der Waals surface area contributed by atoms with Gasteiger partial charge in [-0.1, -0.05) is 35.5 Å². The molecule has 1 atom stereocenters. The Bertz CT molecular complexity index is 1180.